The summed E-state index contributed by atoms with van der Waals surface area (Å²) in [6.07, 6.45) is 1.75. The number of para-hydroxylation sites is 1. The van der Waals surface area contributed by atoms with Crippen LogP contribution in [-0.2, 0) is 4.79 Å². The molecule has 0 fully saturated rings. The van der Waals surface area contributed by atoms with Gasteiger partial charge in [-0.05, 0) is 26.8 Å². The van der Waals surface area contributed by atoms with Gasteiger partial charge in [0.1, 0.15) is 6.04 Å². The van der Waals surface area contributed by atoms with E-state index in [4.69, 9.17) is 0 Å². The molecule has 0 aliphatic rings. The molecule has 1 heterocycles. The molecule has 1 aromatic heterocycles. The van der Waals surface area contributed by atoms with E-state index in [2.05, 4.69) is 20.6 Å². The number of anilines is 1. The van der Waals surface area contributed by atoms with Crippen molar-refractivity contribution in [3.05, 3.63) is 30.5 Å². The maximum absolute atomic E-state index is 11.8. The molecule has 0 saturated carbocycles. The van der Waals surface area contributed by atoms with Crippen molar-refractivity contribution >= 4 is 22.8 Å². The highest BCUT2D eigenvalue weighted by atomic mass is 16.2. The predicted octanol–water partition coefficient (Wildman–Crippen LogP) is 1.95. The Morgan fingerprint density at radius 3 is 2.68 bits per heavy atom. The first-order valence-electron chi connectivity index (χ1n) is 6.35. The number of aromatic nitrogens is 2. The van der Waals surface area contributed by atoms with E-state index in [9.17, 15) is 4.79 Å². The number of benzene rings is 1. The van der Waals surface area contributed by atoms with Crippen LogP contribution in [0.2, 0.25) is 0 Å². The first kappa shape index (κ1) is 13.3. The highest BCUT2D eigenvalue weighted by molar-refractivity contribution is 5.84. The number of carbonyl (C=O) groups is 1. The van der Waals surface area contributed by atoms with Crippen LogP contribution in [0, 0.1) is 0 Å². The van der Waals surface area contributed by atoms with Crippen LogP contribution in [0.5, 0.6) is 0 Å². The van der Waals surface area contributed by atoms with Gasteiger partial charge < -0.3 is 10.6 Å². The number of rotatable bonds is 4. The molecule has 2 rings (SSSR count). The van der Waals surface area contributed by atoms with Crippen molar-refractivity contribution in [3.63, 3.8) is 0 Å². The Morgan fingerprint density at radius 1 is 1.21 bits per heavy atom. The normalized spacial score (nSPS) is 12.4. The minimum Gasteiger partial charge on any atom is -0.352 e. The quantitative estimate of drug-likeness (QED) is 0.879. The Morgan fingerprint density at radius 2 is 1.95 bits per heavy atom. The van der Waals surface area contributed by atoms with Gasteiger partial charge in [-0.2, -0.15) is 0 Å². The van der Waals surface area contributed by atoms with Crippen molar-refractivity contribution in [2.24, 2.45) is 0 Å². The highest BCUT2D eigenvalue weighted by Crippen LogP contribution is 2.12. The van der Waals surface area contributed by atoms with Crippen LogP contribution in [-0.4, -0.2) is 28.0 Å². The number of hydrogen-bond acceptors (Lipinski definition) is 4. The monoisotopic (exact) mass is 258 g/mol. The molecule has 0 aliphatic heterocycles. The first-order valence-corrected chi connectivity index (χ1v) is 6.35. The van der Waals surface area contributed by atoms with Gasteiger partial charge in [-0.3, -0.25) is 4.79 Å². The number of hydrogen-bond donors (Lipinski definition) is 2. The van der Waals surface area contributed by atoms with Crippen molar-refractivity contribution in [2.75, 3.05) is 5.32 Å². The Kier molecular flexibility index (Phi) is 3.94. The summed E-state index contributed by atoms with van der Waals surface area (Å²) in [4.78, 5) is 20.4. The third-order valence-electron chi connectivity index (χ3n) is 2.66. The lowest BCUT2D eigenvalue weighted by atomic mass is 10.2. The Bertz CT molecular complexity index is 582. The molecule has 19 heavy (non-hydrogen) atoms. The molecule has 5 heteroatoms. The fourth-order valence-electron chi connectivity index (χ4n) is 1.71. The molecule has 0 aliphatic carbocycles. The zero-order valence-electron chi connectivity index (χ0n) is 11.3. The summed E-state index contributed by atoms with van der Waals surface area (Å²) < 4.78 is 0. The topological polar surface area (TPSA) is 66.9 Å². The average Bonchev–Trinajstić information content (AvgIpc) is 2.37. The lowest BCUT2D eigenvalue weighted by Gasteiger charge is -2.15. The fourth-order valence-corrected chi connectivity index (χ4v) is 1.71. The van der Waals surface area contributed by atoms with Gasteiger partial charge in [0.15, 0.2) is 0 Å². The van der Waals surface area contributed by atoms with Gasteiger partial charge in [0.25, 0.3) is 0 Å². The van der Waals surface area contributed by atoms with Crippen LogP contribution in [0.4, 0.5) is 5.95 Å². The standard InChI is InChI=1S/C14H18N4O/c1-9(2)16-13(19)10(3)17-14-15-8-11-6-4-5-7-12(11)18-14/h4-10H,1-3H3,(H,16,19)(H,15,17,18). The number of fused-ring (bicyclic) bond motifs is 1. The van der Waals surface area contributed by atoms with E-state index in [1.165, 1.54) is 0 Å². The molecule has 5 nitrogen and oxygen atoms in total. The molecule has 1 aromatic carbocycles. The van der Waals surface area contributed by atoms with Crippen LogP contribution >= 0.6 is 0 Å². The van der Waals surface area contributed by atoms with Gasteiger partial charge >= 0.3 is 0 Å². The Labute approximate surface area is 112 Å². The van der Waals surface area contributed by atoms with Crippen LogP contribution in [0.25, 0.3) is 10.9 Å². The largest absolute Gasteiger partial charge is 0.352 e. The van der Waals surface area contributed by atoms with Gasteiger partial charge in [-0.15, -0.1) is 0 Å². The summed E-state index contributed by atoms with van der Waals surface area (Å²) in [5, 5.41) is 6.83. The predicted molar refractivity (Wildman–Crippen MR) is 75.9 cm³/mol. The molecule has 0 spiro atoms. The zero-order valence-corrected chi connectivity index (χ0v) is 11.3. The van der Waals surface area contributed by atoms with E-state index in [0.717, 1.165) is 10.9 Å². The van der Waals surface area contributed by atoms with E-state index in [1.807, 2.05) is 38.1 Å². The molecule has 1 atom stereocenters. The zero-order chi connectivity index (χ0) is 13.8. The lowest BCUT2D eigenvalue weighted by Crippen LogP contribution is -2.41. The van der Waals surface area contributed by atoms with E-state index in [-0.39, 0.29) is 18.0 Å². The summed E-state index contributed by atoms with van der Waals surface area (Å²) in [5.74, 6) is 0.400. The van der Waals surface area contributed by atoms with Crippen LogP contribution < -0.4 is 10.6 Å². The number of nitrogens with one attached hydrogen (secondary N) is 2. The number of amides is 1. The van der Waals surface area contributed by atoms with Crippen LogP contribution in [0.3, 0.4) is 0 Å². The maximum Gasteiger partial charge on any atom is 0.242 e. The maximum atomic E-state index is 11.8. The molecule has 1 amide bonds. The molecule has 1 unspecified atom stereocenters. The van der Waals surface area contributed by atoms with Gasteiger partial charge in [0.2, 0.25) is 11.9 Å². The van der Waals surface area contributed by atoms with Crippen molar-refractivity contribution in [1.82, 2.24) is 15.3 Å². The molecular formula is C14H18N4O. The molecule has 100 valence electrons. The smallest absolute Gasteiger partial charge is 0.242 e. The number of carbonyl (C=O) groups excluding carboxylic acids is 1. The fraction of sp³-hybridized carbons (Fsp3) is 0.357. The summed E-state index contributed by atoms with van der Waals surface area (Å²) in [5.41, 5.74) is 0.858. The summed E-state index contributed by atoms with van der Waals surface area (Å²) >= 11 is 0. The third kappa shape index (κ3) is 3.40. The van der Waals surface area contributed by atoms with Crippen molar-refractivity contribution < 1.29 is 4.79 Å². The molecule has 2 N–H and O–H groups in total. The SMILES string of the molecule is CC(C)NC(=O)C(C)Nc1ncc2ccccc2n1. The van der Waals surface area contributed by atoms with Gasteiger partial charge in [0.05, 0.1) is 5.52 Å². The van der Waals surface area contributed by atoms with Gasteiger partial charge in [0, 0.05) is 17.6 Å². The Balaban J connectivity index is 2.10. The lowest BCUT2D eigenvalue weighted by molar-refractivity contribution is -0.122. The second kappa shape index (κ2) is 5.65. The van der Waals surface area contributed by atoms with Crippen LogP contribution in [0.1, 0.15) is 20.8 Å². The van der Waals surface area contributed by atoms with E-state index in [1.54, 1.807) is 13.1 Å². The Hall–Kier alpha value is -2.17. The summed E-state index contributed by atoms with van der Waals surface area (Å²) in [7, 11) is 0. The molecule has 0 bridgehead atoms. The average molecular weight is 258 g/mol. The second-order valence-corrected chi connectivity index (χ2v) is 4.78. The molecule has 0 saturated heterocycles. The first-order chi connectivity index (χ1) is 9.06. The minimum absolute atomic E-state index is 0.0632. The molecular weight excluding hydrogens is 240 g/mol. The summed E-state index contributed by atoms with van der Waals surface area (Å²) in [6, 6.07) is 7.48. The summed E-state index contributed by atoms with van der Waals surface area (Å²) in [6.45, 7) is 5.64. The van der Waals surface area contributed by atoms with E-state index in [0.29, 0.717) is 5.95 Å². The van der Waals surface area contributed by atoms with Crippen LogP contribution in [0.15, 0.2) is 30.5 Å². The van der Waals surface area contributed by atoms with Crippen molar-refractivity contribution in [3.8, 4) is 0 Å². The number of nitrogens with zero attached hydrogens (tertiary/aromatic N) is 2. The van der Waals surface area contributed by atoms with E-state index >= 15 is 0 Å². The van der Waals surface area contributed by atoms with E-state index < -0.39 is 0 Å². The van der Waals surface area contributed by atoms with Gasteiger partial charge in [-0.1, -0.05) is 18.2 Å². The second-order valence-electron chi connectivity index (χ2n) is 4.78. The highest BCUT2D eigenvalue weighted by Gasteiger charge is 2.14. The third-order valence-corrected chi connectivity index (χ3v) is 2.66. The van der Waals surface area contributed by atoms with Crippen molar-refractivity contribution in [2.45, 2.75) is 32.9 Å². The van der Waals surface area contributed by atoms with Gasteiger partial charge in [-0.25, -0.2) is 9.97 Å². The molecule has 0 radical (unpaired) electrons. The van der Waals surface area contributed by atoms with Crippen molar-refractivity contribution in [1.29, 1.82) is 0 Å². The minimum atomic E-state index is -0.372. The molecule has 2 aromatic rings.